The summed E-state index contributed by atoms with van der Waals surface area (Å²) in [7, 11) is 0. The second-order valence-electron chi connectivity index (χ2n) is 4.75. The van der Waals surface area contributed by atoms with Gasteiger partial charge in [0.1, 0.15) is 0 Å². The summed E-state index contributed by atoms with van der Waals surface area (Å²) in [6, 6.07) is 0. The average Bonchev–Trinajstić information content (AvgIpc) is 2.49. The molecule has 0 bridgehead atoms. The van der Waals surface area contributed by atoms with Crippen molar-refractivity contribution < 1.29 is 5.48 Å². The maximum atomic E-state index is 2.62. The Morgan fingerprint density at radius 3 is 2.18 bits per heavy atom. The maximum absolute atomic E-state index is 2.62. The first kappa shape index (κ1) is 16.3. The molecule has 0 aromatic heterocycles. The van der Waals surface area contributed by atoms with Crippen molar-refractivity contribution in [1.29, 1.82) is 0 Å². The first-order valence-corrected chi connectivity index (χ1v) is 6.90. The Kier molecular flexibility index (Phi) is 7.28. The molecule has 0 amide bonds. The minimum absolute atomic E-state index is 0. The zero-order valence-corrected chi connectivity index (χ0v) is 12.2. The summed E-state index contributed by atoms with van der Waals surface area (Å²) < 4.78 is 0. The summed E-state index contributed by atoms with van der Waals surface area (Å²) in [6.07, 6.45) is 5.64. The number of rotatable bonds is 6. The Morgan fingerprint density at radius 2 is 1.71 bits per heavy atom. The predicted molar refractivity (Wildman–Crippen MR) is 74.7 cm³/mol. The van der Waals surface area contributed by atoms with E-state index in [0.29, 0.717) is 6.17 Å². The Labute approximate surface area is 107 Å². The predicted octanol–water partition coefficient (Wildman–Crippen LogP) is 2.98. The van der Waals surface area contributed by atoms with Crippen molar-refractivity contribution in [2.75, 3.05) is 13.1 Å². The van der Waals surface area contributed by atoms with E-state index in [1.165, 1.54) is 37.9 Å². The highest BCUT2D eigenvalue weighted by Crippen LogP contribution is 2.31. The van der Waals surface area contributed by atoms with Crippen molar-refractivity contribution in [1.82, 2.24) is 9.80 Å². The summed E-state index contributed by atoms with van der Waals surface area (Å²) in [5, 5.41) is 0. The molecule has 1 heterocycles. The van der Waals surface area contributed by atoms with Gasteiger partial charge in [0.15, 0.2) is 0 Å². The molecule has 0 fully saturated rings. The van der Waals surface area contributed by atoms with E-state index >= 15 is 0 Å². The Balaban J connectivity index is 0.00000256. The Bertz CT molecular complexity index is 251. The first-order valence-electron chi connectivity index (χ1n) is 6.90. The van der Waals surface area contributed by atoms with E-state index in [4.69, 9.17) is 0 Å². The zero-order chi connectivity index (χ0) is 12.1. The normalized spacial score (nSPS) is 19.9. The van der Waals surface area contributed by atoms with Gasteiger partial charge in [-0.05, 0) is 33.6 Å². The van der Waals surface area contributed by atoms with Gasteiger partial charge in [0, 0.05) is 24.5 Å². The number of hydrogen-bond acceptors (Lipinski definition) is 2. The van der Waals surface area contributed by atoms with Crippen molar-refractivity contribution in [3.8, 4) is 0 Å². The van der Waals surface area contributed by atoms with Gasteiger partial charge in [-0.15, -0.1) is 0 Å². The number of nitrogens with zero attached hydrogens (tertiary/aromatic N) is 2. The molecule has 1 rings (SSSR count). The van der Waals surface area contributed by atoms with E-state index in [0.717, 1.165) is 6.54 Å². The van der Waals surface area contributed by atoms with Crippen LogP contribution in [0.25, 0.3) is 0 Å². The fourth-order valence-corrected chi connectivity index (χ4v) is 2.76. The van der Waals surface area contributed by atoms with Crippen LogP contribution in [0.1, 0.15) is 60.3 Å². The summed E-state index contributed by atoms with van der Waals surface area (Å²) in [5.74, 6) is 0. The molecule has 0 saturated heterocycles. The van der Waals surface area contributed by atoms with E-state index in [-0.39, 0.29) is 5.48 Å². The van der Waals surface area contributed by atoms with Crippen molar-refractivity contribution in [2.45, 2.75) is 66.5 Å². The molecule has 3 heteroatoms. The smallest absolute Gasteiger partial charge is 0.0982 e. The fourth-order valence-electron chi connectivity index (χ4n) is 2.76. The molecule has 102 valence electrons. The van der Waals surface area contributed by atoms with E-state index < -0.39 is 0 Å². The van der Waals surface area contributed by atoms with E-state index in [1.807, 2.05) is 0 Å². The van der Waals surface area contributed by atoms with Crippen LogP contribution < -0.4 is 0 Å². The largest absolute Gasteiger partial charge is 0.412 e. The number of hydrogen-bond donors (Lipinski definition) is 0. The van der Waals surface area contributed by atoms with Gasteiger partial charge in [-0.1, -0.05) is 26.7 Å². The molecule has 2 N–H and O–H groups in total. The lowest BCUT2D eigenvalue weighted by atomic mass is 10.2. The highest BCUT2D eigenvalue weighted by Gasteiger charge is 2.30. The SMILES string of the molecule is CCCCN1C(CCC)=C(C)N(CC)C1C.O. The molecule has 0 aliphatic carbocycles. The second kappa shape index (κ2) is 7.59. The zero-order valence-electron chi connectivity index (χ0n) is 12.2. The fraction of sp³-hybridized carbons (Fsp3) is 0.857. The molecule has 0 aromatic rings. The second-order valence-corrected chi connectivity index (χ2v) is 4.75. The van der Waals surface area contributed by atoms with Crippen LogP contribution in [0.2, 0.25) is 0 Å². The van der Waals surface area contributed by atoms with Gasteiger partial charge < -0.3 is 15.3 Å². The topological polar surface area (TPSA) is 38.0 Å². The molecule has 0 saturated carbocycles. The Morgan fingerprint density at radius 1 is 1.06 bits per heavy atom. The van der Waals surface area contributed by atoms with Crippen LogP contribution in [0.4, 0.5) is 0 Å². The third-order valence-corrected chi connectivity index (χ3v) is 3.68. The van der Waals surface area contributed by atoms with Gasteiger partial charge in [0.25, 0.3) is 0 Å². The maximum Gasteiger partial charge on any atom is 0.0982 e. The quantitative estimate of drug-likeness (QED) is 0.718. The van der Waals surface area contributed by atoms with Gasteiger partial charge >= 0.3 is 0 Å². The van der Waals surface area contributed by atoms with Gasteiger partial charge in [-0.3, -0.25) is 0 Å². The van der Waals surface area contributed by atoms with Crippen LogP contribution in [0.3, 0.4) is 0 Å². The summed E-state index contributed by atoms with van der Waals surface area (Å²) >= 11 is 0. The molecule has 1 aliphatic heterocycles. The van der Waals surface area contributed by atoms with Crippen LogP contribution in [-0.2, 0) is 0 Å². The third-order valence-electron chi connectivity index (χ3n) is 3.68. The van der Waals surface area contributed by atoms with Gasteiger partial charge in [0.05, 0.1) is 6.17 Å². The average molecular weight is 242 g/mol. The number of unbranched alkanes of at least 4 members (excludes halogenated alkanes) is 1. The summed E-state index contributed by atoms with van der Waals surface area (Å²) in [5.41, 5.74) is 3.10. The lowest BCUT2D eigenvalue weighted by Gasteiger charge is -2.31. The molecule has 0 radical (unpaired) electrons. The summed E-state index contributed by atoms with van der Waals surface area (Å²) in [4.78, 5) is 5.15. The van der Waals surface area contributed by atoms with E-state index in [9.17, 15) is 0 Å². The molecule has 1 unspecified atom stereocenters. The van der Waals surface area contributed by atoms with Crippen LogP contribution in [0.5, 0.6) is 0 Å². The van der Waals surface area contributed by atoms with E-state index in [1.54, 1.807) is 5.70 Å². The lowest BCUT2D eigenvalue weighted by molar-refractivity contribution is 0.156. The lowest BCUT2D eigenvalue weighted by Crippen LogP contribution is -2.38. The summed E-state index contributed by atoms with van der Waals surface area (Å²) in [6.45, 7) is 13.8. The van der Waals surface area contributed by atoms with Crippen molar-refractivity contribution in [3.63, 3.8) is 0 Å². The van der Waals surface area contributed by atoms with Crippen molar-refractivity contribution >= 4 is 0 Å². The van der Waals surface area contributed by atoms with Crippen LogP contribution in [0.15, 0.2) is 11.4 Å². The molecular formula is C14H30N2O. The molecule has 1 aliphatic rings. The monoisotopic (exact) mass is 242 g/mol. The van der Waals surface area contributed by atoms with Crippen molar-refractivity contribution in [2.24, 2.45) is 0 Å². The molecular weight excluding hydrogens is 212 g/mol. The van der Waals surface area contributed by atoms with Gasteiger partial charge in [0.2, 0.25) is 0 Å². The standard InChI is InChI=1S/C14H28N2.H2O/c1-6-9-11-16-13(5)15(8-3)12(4)14(16)10-7-2;/h13H,6-11H2,1-5H3;1H2. The molecule has 1 atom stereocenters. The Hall–Kier alpha value is -0.700. The van der Waals surface area contributed by atoms with Gasteiger partial charge in [-0.2, -0.15) is 0 Å². The highest BCUT2D eigenvalue weighted by atomic mass is 16.0. The first-order chi connectivity index (χ1) is 7.67. The molecule has 17 heavy (non-hydrogen) atoms. The van der Waals surface area contributed by atoms with Crippen molar-refractivity contribution in [3.05, 3.63) is 11.4 Å². The van der Waals surface area contributed by atoms with Crippen LogP contribution in [0, 0.1) is 0 Å². The molecule has 3 nitrogen and oxygen atoms in total. The highest BCUT2D eigenvalue weighted by molar-refractivity contribution is 5.18. The number of allylic oxidation sites excluding steroid dienone is 2. The third kappa shape index (κ3) is 3.38. The van der Waals surface area contributed by atoms with E-state index in [2.05, 4.69) is 44.4 Å². The molecule has 0 aromatic carbocycles. The van der Waals surface area contributed by atoms with Crippen LogP contribution in [-0.4, -0.2) is 34.5 Å². The van der Waals surface area contributed by atoms with Crippen LogP contribution >= 0.6 is 0 Å². The minimum atomic E-state index is 0. The van der Waals surface area contributed by atoms with Gasteiger partial charge in [-0.25, -0.2) is 0 Å². The minimum Gasteiger partial charge on any atom is -0.412 e. The molecule has 0 spiro atoms.